The molecule has 1 fully saturated rings. The van der Waals surface area contributed by atoms with Crippen LogP contribution in [0, 0.1) is 0 Å². The van der Waals surface area contributed by atoms with Crippen LogP contribution < -0.4 is 9.47 Å². The normalized spacial score (nSPS) is 16.3. The molecule has 1 aliphatic rings. The predicted octanol–water partition coefficient (Wildman–Crippen LogP) is 4.30. The number of rotatable bonds is 6. The number of piperidine rings is 1. The summed E-state index contributed by atoms with van der Waals surface area (Å²) in [6, 6.07) is 15.3. The molecule has 1 aromatic heterocycles. The van der Waals surface area contributed by atoms with Crippen molar-refractivity contribution in [3.05, 3.63) is 77.5 Å². The molecular formula is C24H26N2O4. The molecule has 4 rings (SSSR count). The number of benzene rings is 2. The van der Waals surface area contributed by atoms with E-state index in [-0.39, 0.29) is 11.8 Å². The molecule has 6 heteroatoms. The number of likely N-dealkylation sites (tertiary alicyclic amines) is 1. The Morgan fingerprint density at radius 1 is 1.13 bits per heavy atom. The summed E-state index contributed by atoms with van der Waals surface area (Å²) < 4.78 is 16.6. The van der Waals surface area contributed by atoms with Gasteiger partial charge in [-0.3, -0.25) is 4.79 Å². The molecule has 0 aliphatic carbocycles. The Bertz CT molecular complexity index is 996. The fourth-order valence-corrected chi connectivity index (χ4v) is 3.89. The number of methoxy groups -OCH3 is 2. The quantitative estimate of drug-likeness (QED) is 0.611. The predicted molar refractivity (Wildman–Crippen MR) is 113 cm³/mol. The lowest BCUT2D eigenvalue weighted by Crippen LogP contribution is -2.39. The molecule has 0 spiro atoms. The van der Waals surface area contributed by atoms with Crippen LogP contribution in [0.5, 0.6) is 11.5 Å². The standard InChI is InChI=1S/C24H26N2O4/c1-28-19-11-9-17(10-12-19)14-20-15-25-23(30-20)18-6-5-13-26(16-18)24(27)21-7-3-4-8-22(21)29-2/h3-4,7-12,15,18H,5-6,13-14,16H2,1-2H3/t18-/m0/s1. The van der Waals surface area contributed by atoms with E-state index >= 15 is 0 Å². The topological polar surface area (TPSA) is 64.8 Å². The number of carbonyl (C=O) groups excluding carboxylic acids is 1. The van der Waals surface area contributed by atoms with Gasteiger partial charge in [0.15, 0.2) is 5.89 Å². The number of oxazole rings is 1. The molecule has 1 saturated heterocycles. The van der Waals surface area contributed by atoms with Crippen LogP contribution in [-0.2, 0) is 6.42 Å². The van der Waals surface area contributed by atoms with Gasteiger partial charge in [0.2, 0.25) is 0 Å². The Labute approximate surface area is 176 Å². The molecular weight excluding hydrogens is 380 g/mol. The van der Waals surface area contributed by atoms with E-state index in [4.69, 9.17) is 13.9 Å². The molecule has 3 aromatic rings. The third-order valence-electron chi connectivity index (χ3n) is 5.50. The summed E-state index contributed by atoms with van der Waals surface area (Å²) in [4.78, 5) is 19.4. The number of carbonyl (C=O) groups is 1. The highest BCUT2D eigenvalue weighted by Crippen LogP contribution is 2.29. The van der Waals surface area contributed by atoms with Crippen LogP contribution in [0.3, 0.4) is 0 Å². The first-order valence-electron chi connectivity index (χ1n) is 10.2. The Morgan fingerprint density at radius 2 is 1.93 bits per heavy atom. The van der Waals surface area contributed by atoms with Gasteiger partial charge in [-0.2, -0.15) is 0 Å². The number of para-hydroxylation sites is 1. The highest BCUT2D eigenvalue weighted by atomic mass is 16.5. The first-order chi connectivity index (χ1) is 14.7. The van der Waals surface area contributed by atoms with Gasteiger partial charge in [0.05, 0.1) is 31.9 Å². The molecule has 1 atom stereocenters. The highest BCUT2D eigenvalue weighted by Gasteiger charge is 2.29. The van der Waals surface area contributed by atoms with Gasteiger partial charge < -0.3 is 18.8 Å². The first kappa shape index (κ1) is 20.0. The second kappa shape index (κ2) is 9.03. The molecule has 30 heavy (non-hydrogen) atoms. The number of aromatic nitrogens is 1. The lowest BCUT2D eigenvalue weighted by atomic mass is 9.97. The van der Waals surface area contributed by atoms with Crippen molar-refractivity contribution in [2.24, 2.45) is 0 Å². The summed E-state index contributed by atoms with van der Waals surface area (Å²) in [5.41, 5.74) is 1.73. The highest BCUT2D eigenvalue weighted by molar-refractivity contribution is 5.97. The smallest absolute Gasteiger partial charge is 0.257 e. The number of amides is 1. The largest absolute Gasteiger partial charge is 0.497 e. The maximum Gasteiger partial charge on any atom is 0.257 e. The monoisotopic (exact) mass is 406 g/mol. The van der Waals surface area contributed by atoms with Gasteiger partial charge in [-0.05, 0) is 42.7 Å². The molecule has 1 aliphatic heterocycles. The van der Waals surface area contributed by atoms with Crippen LogP contribution in [0.15, 0.2) is 59.1 Å². The lowest BCUT2D eigenvalue weighted by molar-refractivity contribution is 0.0694. The van der Waals surface area contributed by atoms with Crippen molar-refractivity contribution in [2.75, 3.05) is 27.3 Å². The molecule has 2 heterocycles. The summed E-state index contributed by atoms with van der Waals surface area (Å²) in [7, 11) is 3.24. The van der Waals surface area contributed by atoms with E-state index in [2.05, 4.69) is 4.98 Å². The van der Waals surface area contributed by atoms with E-state index in [0.717, 1.165) is 36.5 Å². The molecule has 2 aromatic carbocycles. The van der Waals surface area contributed by atoms with Crippen molar-refractivity contribution >= 4 is 5.91 Å². The van der Waals surface area contributed by atoms with Crippen molar-refractivity contribution in [3.8, 4) is 11.5 Å². The molecule has 0 saturated carbocycles. The zero-order valence-electron chi connectivity index (χ0n) is 17.3. The maximum absolute atomic E-state index is 13.0. The Kier molecular flexibility index (Phi) is 6.02. The molecule has 0 unspecified atom stereocenters. The molecule has 0 bridgehead atoms. The number of nitrogens with zero attached hydrogens (tertiary/aromatic N) is 2. The Balaban J connectivity index is 1.44. The van der Waals surface area contributed by atoms with Gasteiger partial charge in [0.1, 0.15) is 17.3 Å². The average Bonchev–Trinajstić information content (AvgIpc) is 3.27. The lowest BCUT2D eigenvalue weighted by Gasteiger charge is -2.31. The minimum Gasteiger partial charge on any atom is -0.497 e. The van der Waals surface area contributed by atoms with Gasteiger partial charge in [-0.1, -0.05) is 24.3 Å². The van der Waals surface area contributed by atoms with Crippen LogP contribution in [0.1, 0.15) is 46.3 Å². The van der Waals surface area contributed by atoms with Crippen molar-refractivity contribution in [1.29, 1.82) is 0 Å². The van der Waals surface area contributed by atoms with Crippen LogP contribution in [0.4, 0.5) is 0 Å². The molecule has 156 valence electrons. The van der Waals surface area contributed by atoms with Gasteiger partial charge in [-0.15, -0.1) is 0 Å². The summed E-state index contributed by atoms with van der Waals surface area (Å²) >= 11 is 0. The van der Waals surface area contributed by atoms with Gasteiger partial charge in [0, 0.05) is 19.5 Å². The zero-order chi connectivity index (χ0) is 20.9. The molecule has 1 amide bonds. The molecule has 0 N–H and O–H groups in total. The van der Waals surface area contributed by atoms with E-state index < -0.39 is 0 Å². The zero-order valence-corrected chi connectivity index (χ0v) is 17.3. The van der Waals surface area contributed by atoms with Gasteiger partial charge in [-0.25, -0.2) is 4.98 Å². The molecule has 6 nitrogen and oxygen atoms in total. The van der Waals surface area contributed by atoms with Gasteiger partial charge >= 0.3 is 0 Å². The fourth-order valence-electron chi connectivity index (χ4n) is 3.89. The van der Waals surface area contributed by atoms with Crippen molar-refractivity contribution in [2.45, 2.75) is 25.2 Å². The summed E-state index contributed by atoms with van der Waals surface area (Å²) in [6.45, 7) is 1.33. The second-order valence-electron chi connectivity index (χ2n) is 7.48. The van der Waals surface area contributed by atoms with Crippen molar-refractivity contribution < 1.29 is 18.7 Å². The first-order valence-corrected chi connectivity index (χ1v) is 10.2. The van der Waals surface area contributed by atoms with E-state index in [0.29, 0.717) is 30.2 Å². The van der Waals surface area contributed by atoms with E-state index in [1.807, 2.05) is 53.4 Å². The van der Waals surface area contributed by atoms with Crippen molar-refractivity contribution in [3.63, 3.8) is 0 Å². The van der Waals surface area contributed by atoms with E-state index in [1.54, 1.807) is 20.4 Å². The number of ether oxygens (including phenoxy) is 2. The third-order valence-corrected chi connectivity index (χ3v) is 5.50. The molecule has 0 radical (unpaired) electrons. The second-order valence-corrected chi connectivity index (χ2v) is 7.48. The number of hydrogen-bond donors (Lipinski definition) is 0. The summed E-state index contributed by atoms with van der Waals surface area (Å²) in [5.74, 6) is 3.05. The summed E-state index contributed by atoms with van der Waals surface area (Å²) in [6.07, 6.45) is 4.34. The third kappa shape index (κ3) is 4.32. The maximum atomic E-state index is 13.0. The van der Waals surface area contributed by atoms with E-state index in [1.165, 1.54) is 0 Å². The van der Waals surface area contributed by atoms with Crippen molar-refractivity contribution in [1.82, 2.24) is 9.88 Å². The van der Waals surface area contributed by atoms with Crippen LogP contribution >= 0.6 is 0 Å². The average molecular weight is 406 g/mol. The van der Waals surface area contributed by atoms with Crippen LogP contribution in [0.25, 0.3) is 0 Å². The SMILES string of the molecule is COc1ccc(Cc2cnc([C@H]3CCCN(C(=O)c4ccccc4OC)C3)o2)cc1. The Morgan fingerprint density at radius 3 is 2.70 bits per heavy atom. The Hall–Kier alpha value is -3.28. The fraction of sp³-hybridized carbons (Fsp3) is 0.333. The van der Waals surface area contributed by atoms with Crippen LogP contribution in [-0.4, -0.2) is 43.1 Å². The number of hydrogen-bond acceptors (Lipinski definition) is 5. The van der Waals surface area contributed by atoms with E-state index in [9.17, 15) is 4.79 Å². The minimum absolute atomic E-state index is 0.0119. The summed E-state index contributed by atoms with van der Waals surface area (Å²) in [5, 5.41) is 0. The minimum atomic E-state index is -0.0119. The van der Waals surface area contributed by atoms with Crippen LogP contribution in [0.2, 0.25) is 0 Å². The van der Waals surface area contributed by atoms with Gasteiger partial charge in [0.25, 0.3) is 5.91 Å².